The molecule has 1 heterocycles. The van der Waals surface area contributed by atoms with Crippen molar-refractivity contribution in [2.45, 2.75) is 45.5 Å². The molecule has 0 aromatic heterocycles. The molecule has 1 aliphatic heterocycles. The Balaban J connectivity index is 1.79. The monoisotopic (exact) mass is 344 g/mol. The van der Waals surface area contributed by atoms with Crippen molar-refractivity contribution in [1.29, 1.82) is 0 Å². The lowest BCUT2D eigenvalue weighted by atomic mass is 9.76. The molecule has 3 nitrogen and oxygen atoms in total. The van der Waals surface area contributed by atoms with Crippen LogP contribution in [0.1, 0.15) is 33.3 Å². The molecule has 0 amide bonds. The average molecular weight is 345 g/mol. The Bertz CT molecular complexity index is 714. The summed E-state index contributed by atoms with van der Waals surface area (Å²) in [4.78, 5) is 0. The molecule has 0 atom stereocenters. The van der Waals surface area contributed by atoms with E-state index in [1.807, 2.05) is 42.5 Å². The molecule has 0 N–H and O–H groups in total. The minimum Gasteiger partial charge on any atom is -0.489 e. The maximum absolute atomic E-state index is 6.16. The van der Waals surface area contributed by atoms with Crippen molar-refractivity contribution in [3.63, 3.8) is 0 Å². The van der Waals surface area contributed by atoms with Crippen molar-refractivity contribution < 1.29 is 14.0 Å². The van der Waals surface area contributed by atoms with E-state index in [1.165, 1.54) is 0 Å². The van der Waals surface area contributed by atoms with Crippen LogP contribution in [0.4, 0.5) is 0 Å². The first-order valence-corrected chi connectivity index (χ1v) is 8.48. The van der Waals surface area contributed by atoms with E-state index in [0.717, 1.165) is 16.8 Å². The fourth-order valence-corrected chi connectivity index (χ4v) is 2.76. The van der Waals surface area contributed by atoms with Gasteiger partial charge in [-0.05, 0) is 56.9 Å². The number of rotatable bonds is 4. The maximum atomic E-state index is 6.16. The summed E-state index contributed by atoms with van der Waals surface area (Å²) in [7, 11) is -0.394. The van der Waals surface area contributed by atoms with Gasteiger partial charge in [-0.3, -0.25) is 0 Å². The second-order valence-electron chi connectivity index (χ2n) is 7.03. The molecule has 1 saturated heterocycles. The van der Waals surface area contributed by atoms with Gasteiger partial charge >= 0.3 is 7.12 Å². The summed E-state index contributed by atoms with van der Waals surface area (Å²) < 4.78 is 18.2. The highest BCUT2D eigenvalue weighted by molar-refractivity contribution is 6.62. The highest BCUT2D eigenvalue weighted by atomic mass is 35.5. The molecular formula is C19H22BClO3. The fourth-order valence-electron chi connectivity index (χ4n) is 2.58. The minimum atomic E-state index is -0.394. The van der Waals surface area contributed by atoms with Gasteiger partial charge in [0, 0.05) is 5.02 Å². The Hall–Kier alpha value is -1.49. The lowest BCUT2D eigenvalue weighted by molar-refractivity contribution is 0.00578. The molecule has 1 fully saturated rings. The number of hydrogen-bond acceptors (Lipinski definition) is 3. The first-order valence-electron chi connectivity index (χ1n) is 8.10. The second kappa shape index (κ2) is 6.43. The number of ether oxygens (including phenoxy) is 1. The van der Waals surface area contributed by atoms with Crippen molar-refractivity contribution in [3.8, 4) is 5.75 Å². The van der Waals surface area contributed by atoms with Gasteiger partial charge in [0.2, 0.25) is 0 Å². The molecular weight excluding hydrogens is 322 g/mol. The minimum absolute atomic E-state index is 0.363. The van der Waals surface area contributed by atoms with E-state index in [1.54, 1.807) is 6.07 Å². The molecule has 2 aromatic rings. The average Bonchev–Trinajstić information content (AvgIpc) is 2.74. The van der Waals surface area contributed by atoms with Crippen LogP contribution in [-0.2, 0) is 15.9 Å². The number of hydrogen-bond donors (Lipinski definition) is 0. The molecule has 0 spiro atoms. The van der Waals surface area contributed by atoms with Gasteiger partial charge in [-0.1, -0.05) is 41.9 Å². The largest absolute Gasteiger partial charge is 0.495 e. The number of halogens is 1. The van der Waals surface area contributed by atoms with Gasteiger partial charge in [-0.2, -0.15) is 0 Å². The van der Waals surface area contributed by atoms with Crippen molar-refractivity contribution in [1.82, 2.24) is 0 Å². The van der Waals surface area contributed by atoms with E-state index < -0.39 is 7.12 Å². The van der Waals surface area contributed by atoms with Crippen molar-refractivity contribution >= 4 is 24.2 Å². The normalized spacial score (nSPS) is 18.6. The van der Waals surface area contributed by atoms with Crippen LogP contribution in [0.3, 0.4) is 0 Å². The Morgan fingerprint density at radius 2 is 1.62 bits per heavy atom. The first kappa shape index (κ1) is 17.3. The Kier molecular flexibility index (Phi) is 4.65. The molecule has 126 valence electrons. The lowest BCUT2D eigenvalue weighted by Gasteiger charge is -2.32. The summed E-state index contributed by atoms with van der Waals surface area (Å²) in [5.74, 6) is 0.742. The standard InChI is InChI=1S/C19H22BClO3/c1-18(2)19(3,4)24-20(23-18)17-11-6-5-8-14(17)13-22-16-10-7-9-15(21)12-16/h5-12H,13H2,1-4H3. The highest BCUT2D eigenvalue weighted by Gasteiger charge is 2.52. The topological polar surface area (TPSA) is 27.7 Å². The SMILES string of the molecule is CC1(C)OB(c2ccccc2COc2cccc(Cl)c2)OC1(C)C. The van der Waals surface area contributed by atoms with Gasteiger partial charge in [0.15, 0.2) is 0 Å². The molecule has 24 heavy (non-hydrogen) atoms. The molecule has 0 aliphatic carbocycles. The summed E-state index contributed by atoms with van der Waals surface area (Å²) in [5, 5.41) is 0.659. The van der Waals surface area contributed by atoms with Gasteiger partial charge in [-0.15, -0.1) is 0 Å². The third-order valence-corrected chi connectivity index (χ3v) is 4.99. The predicted molar refractivity (Wildman–Crippen MR) is 97.9 cm³/mol. The van der Waals surface area contributed by atoms with Gasteiger partial charge in [0.05, 0.1) is 11.2 Å². The van der Waals surface area contributed by atoms with E-state index in [4.69, 9.17) is 25.6 Å². The van der Waals surface area contributed by atoms with Crippen LogP contribution >= 0.6 is 11.6 Å². The van der Waals surface area contributed by atoms with E-state index in [-0.39, 0.29) is 11.2 Å². The van der Waals surface area contributed by atoms with Crippen LogP contribution in [0, 0.1) is 0 Å². The fraction of sp³-hybridized carbons (Fsp3) is 0.368. The maximum Gasteiger partial charge on any atom is 0.495 e. The summed E-state index contributed by atoms with van der Waals surface area (Å²) >= 11 is 6.00. The molecule has 2 aromatic carbocycles. The number of benzene rings is 2. The van der Waals surface area contributed by atoms with E-state index in [0.29, 0.717) is 11.6 Å². The Morgan fingerprint density at radius 1 is 0.958 bits per heavy atom. The zero-order valence-corrected chi connectivity index (χ0v) is 15.3. The molecule has 0 radical (unpaired) electrons. The van der Waals surface area contributed by atoms with E-state index >= 15 is 0 Å². The van der Waals surface area contributed by atoms with Crippen molar-refractivity contribution in [3.05, 3.63) is 59.1 Å². The molecule has 0 unspecified atom stereocenters. The molecule has 1 aliphatic rings. The van der Waals surface area contributed by atoms with Crippen molar-refractivity contribution in [2.75, 3.05) is 0 Å². The third-order valence-electron chi connectivity index (χ3n) is 4.75. The smallest absolute Gasteiger partial charge is 0.489 e. The van der Waals surface area contributed by atoms with Crippen LogP contribution in [-0.4, -0.2) is 18.3 Å². The quantitative estimate of drug-likeness (QED) is 0.777. The van der Waals surface area contributed by atoms with Crippen LogP contribution in [0.25, 0.3) is 0 Å². The van der Waals surface area contributed by atoms with Gasteiger partial charge in [0.25, 0.3) is 0 Å². The zero-order valence-electron chi connectivity index (χ0n) is 14.5. The summed E-state index contributed by atoms with van der Waals surface area (Å²) in [6.07, 6.45) is 0. The molecule has 0 saturated carbocycles. The van der Waals surface area contributed by atoms with E-state index in [9.17, 15) is 0 Å². The lowest BCUT2D eigenvalue weighted by Crippen LogP contribution is -2.41. The van der Waals surface area contributed by atoms with Gasteiger partial charge in [-0.25, -0.2) is 0 Å². The predicted octanol–water partition coefficient (Wildman–Crippen LogP) is 4.22. The van der Waals surface area contributed by atoms with Crippen LogP contribution in [0.5, 0.6) is 5.75 Å². The van der Waals surface area contributed by atoms with Crippen LogP contribution < -0.4 is 10.2 Å². The molecule has 0 bridgehead atoms. The van der Waals surface area contributed by atoms with Crippen molar-refractivity contribution in [2.24, 2.45) is 0 Å². The summed E-state index contributed by atoms with van der Waals surface area (Å²) in [6.45, 7) is 8.65. The van der Waals surface area contributed by atoms with Crippen LogP contribution in [0.15, 0.2) is 48.5 Å². The van der Waals surface area contributed by atoms with E-state index in [2.05, 4.69) is 27.7 Å². The van der Waals surface area contributed by atoms with Gasteiger partial charge in [0.1, 0.15) is 12.4 Å². The van der Waals surface area contributed by atoms with Gasteiger partial charge < -0.3 is 14.0 Å². The molecule has 3 rings (SSSR count). The summed E-state index contributed by atoms with van der Waals surface area (Å²) in [5.41, 5.74) is 1.31. The molecule has 5 heteroatoms. The Morgan fingerprint density at radius 3 is 2.29 bits per heavy atom. The van der Waals surface area contributed by atoms with Crippen LogP contribution in [0.2, 0.25) is 5.02 Å². The zero-order chi connectivity index (χ0) is 17.4. The second-order valence-corrected chi connectivity index (χ2v) is 7.47. The highest BCUT2D eigenvalue weighted by Crippen LogP contribution is 2.36. The Labute approximate surface area is 149 Å². The third kappa shape index (κ3) is 3.46. The summed E-state index contributed by atoms with van der Waals surface area (Å²) in [6, 6.07) is 15.4. The first-order chi connectivity index (χ1) is 11.3.